The van der Waals surface area contributed by atoms with E-state index in [1.54, 1.807) is 0 Å². The fraction of sp³-hybridized carbons (Fsp3) is 0.647. The van der Waals surface area contributed by atoms with Crippen LogP contribution >= 0.6 is 0 Å². The zero-order valence-corrected chi connectivity index (χ0v) is 12.7. The Morgan fingerprint density at radius 2 is 2.10 bits per heavy atom. The molecule has 0 bridgehead atoms. The number of nitrogens with zero attached hydrogens (tertiary/aromatic N) is 1. The molecule has 3 nitrogen and oxygen atoms in total. The maximum absolute atomic E-state index is 5.75. The Morgan fingerprint density at radius 1 is 1.25 bits per heavy atom. The summed E-state index contributed by atoms with van der Waals surface area (Å²) in [5.74, 6) is 0.976. The monoisotopic (exact) mass is 276 g/mol. The minimum absolute atomic E-state index is 0.693. The highest BCUT2D eigenvalue weighted by Crippen LogP contribution is 2.10. The van der Waals surface area contributed by atoms with Gasteiger partial charge in [0.05, 0.1) is 6.61 Å². The summed E-state index contributed by atoms with van der Waals surface area (Å²) in [7, 11) is 0. The first kappa shape index (κ1) is 15.3. The topological polar surface area (TPSA) is 24.5 Å². The Hall–Kier alpha value is -1.06. The summed E-state index contributed by atoms with van der Waals surface area (Å²) in [6.45, 7) is 7.69. The minimum Gasteiger partial charge on any atom is -0.494 e. The zero-order valence-electron chi connectivity index (χ0n) is 12.7. The Morgan fingerprint density at radius 3 is 2.80 bits per heavy atom. The molecular formula is C17H28N2O. The second-order valence-corrected chi connectivity index (χ2v) is 5.56. The van der Waals surface area contributed by atoms with Gasteiger partial charge >= 0.3 is 0 Å². The summed E-state index contributed by atoms with van der Waals surface area (Å²) in [5, 5.41) is 3.63. The molecule has 0 amide bonds. The summed E-state index contributed by atoms with van der Waals surface area (Å²) in [5.41, 5.74) is 0. The van der Waals surface area contributed by atoms with Crippen LogP contribution in [-0.2, 0) is 0 Å². The van der Waals surface area contributed by atoms with E-state index in [2.05, 4.69) is 17.1 Å². The van der Waals surface area contributed by atoms with Gasteiger partial charge in [-0.2, -0.15) is 0 Å². The SMILES string of the molecule is CCN(CCCOc1ccccc1)CC1CCCCN1. The van der Waals surface area contributed by atoms with Crippen LogP contribution in [0.1, 0.15) is 32.6 Å². The highest BCUT2D eigenvalue weighted by molar-refractivity contribution is 5.20. The average molecular weight is 276 g/mol. The van der Waals surface area contributed by atoms with E-state index in [1.807, 2.05) is 30.3 Å². The molecule has 0 radical (unpaired) electrons. The lowest BCUT2D eigenvalue weighted by Crippen LogP contribution is -2.44. The van der Waals surface area contributed by atoms with Gasteiger partial charge in [-0.1, -0.05) is 31.5 Å². The second kappa shape index (κ2) is 8.98. The van der Waals surface area contributed by atoms with Crippen molar-refractivity contribution in [3.05, 3.63) is 30.3 Å². The first-order valence-corrected chi connectivity index (χ1v) is 8.02. The molecule has 20 heavy (non-hydrogen) atoms. The first-order valence-electron chi connectivity index (χ1n) is 8.02. The highest BCUT2D eigenvalue weighted by atomic mass is 16.5. The standard InChI is InChI=1S/C17H28N2O/c1-2-19(15-16-9-6-7-12-18-16)13-8-14-20-17-10-4-3-5-11-17/h3-5,10-11,16,18H,2,6-9,12-15H2,1H3. The largest absolute Gasteiger partial charge is 0.494 e. The summed E-state index contributed by atoms with van der Waals surface area (Å²) in [6, 6.07) is 10.8. The van der Waals surface area contributed by atoms with Gasteiger partial charge in [0, 0.05) is 19.1 Å². The fourth-order valence-electron chi connectivity index (χ4n) is 2.76. The molecule has 2 rings (SSSR count). The van der Waals surface area contributed by atoms with Gasteiger partial charge in [0.15, 0.2) is 0 Å². The number of benzene rings is 1. The summed E-state index contributed by atoms with van der Waals surface area (Å²) >= 11 is 0. The number of piperidine rings is 1. The Kier molecular flexibility index (Phi) is 6.89. The molecular weight excluding hydrogens is 248 g/mol. The van der Waals surface area contributed by atoms with Crippen LogP contribution in [0.3, 0.4) is 0 Å². The van der Waals surface area contributed by atoms with E-state index < -0.39 is 0 Å². The van der Waals surface area contributed by atoms with Crippen molar-refractivity contribution in [2.75, 3.05) is 32.8 Å². The zero-order chi connectivity index (χ0) is 14.0. The lowest BCUT2D eigenvalue weighted by molar-refractivity contribution is 0.211. The molecule has 1 unspecified atom stereocenters. The van der Waals surface area contributed by atoms with E-state index in [0.29, 0.717) is 6.04 Å². The highest BCUT2D eigenvalue weighted by Gasteiger charge is 2.15. The first-order chi connectivity index (χ1) is 9.88. The van der Waals surface area contributed by atoms with Crippen LogP contribution in [0.5, 0.6) is 5.75 Å². The van der Waals surface area contributed by atoms with Crippen molar-refractivity contribution in [3.8, 4) is 5.75 Å². The normalized spacial score (nSPS) is 19.2. The number of hydrogen-bond donors (Lipinski definition) is 1. The fourth-order valence-corrected chi connectivity index (χ4v) is 2.76. The van der Waals surface area contributed by atoms with Crippen molar-refractivity contribution in [1.82, 2.24) is 10.2 Å². The summed E-state index contributed by atoms with van der Waals surface area (Å²) in [4.78, 5) is 2.54. The van der Waals surface area contributed by atoms with Crippen molar-refractivity contribution in [1.29, 1.82) is 0 Å². The smallest absolute Gasteiger partial charge is 0.119 e. The molecule has 1 aliphatic rings. The number of hydrogen-bond acceptors (Lipinski definition) is 3. The molecule has 0 aliphatic carbocycles. The number of likely N-dealkylation sites (N-methyl/N-ethyl adjacent to an activating group) is 1. The molecule has 1 aromatic rings. The lowest BCUT2D eigenvalue weighted by Gasteiger charge is -2.29. The van der Waals surface area contributed by atoms with Gasteiger partial charge in [0.2, 0.25) is 0 Å². The molecule has 112 valence electrons. The quantitative estimate of drug-likeness (QED) is 0.739. The van der Waals surface area contributed by atoms with Gasteiger partial charge in [0.25, 0.3) is 0 Å². The van der Waals surface area contributed by atoms with E-state index in [-0.39, 0.29) is 0 Å². The predicted octanol–water partition coefficient (Wildman–Crippen LogP) is 2.92. The summed E-state index contributed by atoms with van der Waals surface area (Å²) in [6.07, 6.45) is 5.15. The molecule has 1 saturated heterocycles. The van der Waals surface area contributed by atoms with Crippen LogP contribution in [0, 0.1) is 0 Å². The second-order valence-electron chi connectivity index (χ2n) is 5.56. The van der Waals surface area contributed by atoms with Gasteiger partial charge in [-0.05, 0) is 44.5 Å². The number of ether oxygens (including phenoxy) is 1. The van der Waals surface area contributed by atoms with Gasteiger partial charge in [-0.25, -0.2) is 0 Å². The van der Waals surface area contributed by atoms with E-state index >= 15 is 0 Å². The number of nitrogens with one attached hydrogen (secondary N) is 1. The van der Waals surface area contributed by atoms with Crippen molar-refractivity contribution >= 4 is 0 Å². The third-order valence-electron chi connectivity index (χ3n) is 3.97. The predicted molar refractivity (Wildman–Crippen MR) is 84.3 cm³/mol. The Bertz CT molecular complexity index is 349. The molecule has 1 atom stereocenters. The molecule has 0 spiro atoms. The number of para-hydroxylation sites is 1. The van der Waals surface area contributed by atoms with Crippen LogP contribution in [0.25, 0.3) is 0 Å². The van der Waals surface area contributed by atoms with Gasteiger partial charge in [-0.3, -0.25) is 0 Å². The molecule has 1 heterocycles. The van der Waals surface area contributed by atoms with Crippen LogP contribution < -0.4 is 10.1 Å². The maximum atomic E-state index is 5.75. The molecule has 1 fully saturated rings. The van der Waals surface area contributed by atoms with Crippen LogP contribution in [0.15, 0.2) is 30.3 Å². The van der Waals surface area contributed by atoms with Crippen LogP contribution in [-0.4, -0.2) is 43.7 Å². The van der Waals surface area contributed by atoms with Crippen LogP contribution in [0.2, 0.25) is 0 Å². The van der Waals surface area contributed by atoms with Crippen molar-refractivity contribution in [3.63, 3.8) is 0 Å². The van der Waals surface area contributed by atoms with E-state index in [1.165, 1.54) is 32.4 Å². The number of rotatable bonds is 8. The van der Waals surface area contributed by atoms with Gasteiger partial charge in [0.1, 0.15) is 5.75 Å². The Balaban J connectivity index is 1.61. The molecule has 1 aromatic carbocycles. The molecule has 3 heteroatoms. The summed E-state index contributed by atoms with van der Waals surface area (Å²) < 4.78 is 5.75. The van der Waals surface area contributed by atoms with Crippen molar-refractivity contribution in [2.45, 2.75) is 38.6 Å². The lowest BCUT2D eigenvalue weighted by atomic mass is 10.0. The van der Waals surface area contributed by atoms with Gasteiger partial charge < -0.3 is 15.0 Å². The van der Waals surface area contributed by atoms with Crippen molar-refractivity contribution in [2.24, 2.45) is 0 Å². The van der Waals surface area contributed by atoms with Crippen LogP contribution in [0.4, 0.5) is 0 Å². The third kappa shape index (κ3) is 5.51. The third-order valence-corrected chi connectivity index (χ3v) is 3.97. The molecule has 0 saturated carbocycles. The molecule has 1 aliphatic heterocycles. The van der Waals surface area contributed by atoms with E-state index in [9.17, 15) is 0 Å². The van der Waals surface area contributed by atoms with Gasteiger partial charge in [-0.15, -0.1) is 0 Å². The van der Waals surface area contributed by atoms with E-state index in [0.717, 1.165) is 31.9 Å². The molecule has 0 aromatic heterocycles. The minimum atomic E-state index is 0.693. The van der Waals surface area contributed by atoms with E-state index in [4.69, 9.17) is 4.74 Å². The Labute approximate surface area is 123 Å². The average Bonchev–Trinajstić information content (AvgIpc) is 2.52. The van der Waals surface area contributed by atoms with Crippen molar-refractivity contribution < 1.29 is 4.74 Å². The molecule has 1 N–H and O–H groups in total. The maximum Gasteiger partial charge on any atom is 0.119 e.